The number of amides is 1. The van der Waals surface area contributed by atoms with Gasteiger partial charge in [-0.05, 0) is 35.0 Å². The van der Waals surface area contributed by atoms with Crippen LogP contribution in [0.3, 0.4) is 0 Å². The first kappa shape index (κ1) is 22.8. The molecule has 172 valence electrons. The van der Waals surface area contributed by atoms with E-state index in [-0.39, 0.29) is 31.1 Å². The van der Waals surface area contributed by atoms with Crippen LogP contribution in [0.2, 0.25) is 0 Å². The highest BCUT2D eigenvalue weighted by atomic mass is 32.2. The summed E-state index contributed by atoms with van der Waals surface area (Å²) in [7, 11) is -3.73. The number of rotatable bonds is 5. The summed E-state index contributed by atoms with van der Waals surface area (Å²) in [6.07, 6.45) is 0. The summed E-state index contributed by atoms with van der Waals surface area (Å²) in [5.74, 6) is -3.54. The third kappa shape index (κ3) is 4.86. The predicted molar refractivity (Wildman–Crippen MR) is 116 cm³/mol. The Labute approximate surface area is 189 Å². The van der Waals surface area contributed by atoms with Crippen molar-refractivity contribution in [2.45, 2.75) is 4.90 Å². The molecule has 1 amide bonds. The van der Waals surface area contributed by atoms with Crippen molar-refractivity contribution in [3.8, 4) is 0 Å². The average Bonchev–Trinajstić information content (AvgIpc) is 2.82. The molecule has 0 radical (unpaired) electrons. The quantitative estimate of drug-likeness (QED) is 0.531. The second-order valence-electron chi connectivity index (χ2n) is 7.49. The minimum atomic E-state index is -3.73. The lowest BCUT2D eigenvalue weighted by molar-refractivity contribution is -0.135. The molecule has 1 heterocycles. The van der Waals surface area contributed by atoms with Crippen molar-refractivity contribution in [1.29, 1.82) is 0 Å². The third-order valence-corrected chi connectivity index (χ3v) is 7.32. The molecule has 0 bridgehead atoms. The molecule has 0 aliphatic carbocycles. The Balaban J connectivity index is 1.34. The first-order valence-corrected chi connectivity index (χ1v) is 11.6. The topological polar surface area (TPSA) is 84.0 Å². The molecule has 1 saturated heterocycles. The van der Waals surface area contributed by atoms with E-state index < -0.39 is 45.7 Å². The van der Waals surface area contributed by atoms with Crippen LogP contribution in [0.1, 0.15) is 10.4 Å². The van der Waals surface area contributed by atoms with Crippen molar-refractivity contribution in [2.24, 2.45) is 0 Å². The zero-order valence-electron chi connectivity index (χ0n) is 17.4. The molecule has 0 spiro atoms. The molecule has 4 rings (SSSR count). The smallest absolute Gasteiger partial charge is 0.341 e. The molecule has 7 nitrogen and oxygen atoms in total. The van der Waals surface area contributed by atoms with Gasteiger partial charge in [0, 0.05) is 32.2 Å². The van der Waals surface area contributed by atoms with Crippen LogP contribution >= 0.6 is 0 Å². The van der Waals surface area contributed by atoms with Crippen LogP contribution in [-0.4, -0.2) is 62.3 Å². The fraction of sp³-hybridized carbons (Fsp3) is 0.217. The Hall–Kier alpha value is -3.37. The van der Waals surface area contributed by atoms with E-state index in [0.717, 1.165) is 22.9 Å². The van der Waals surface area contributed by atoms with Crippen LogP contribution in [0.5, 0.6) is 0 Å². The summed E-state index contributed by atoms with van der Waals surface area (Å²) >= 11 is 0. The average molecular weight is 474 g/mol. The van der Waals surface area contributed by atoms with Gasteiger partial charge in [-0.2, -0.15) is 4.31 Å². The van der Waals surface area contributed by atoms with Crippen LogP contribution in [0.4, 0.5) is 8.78 Å². The largest absolute Gasteiger partial charge is 0.452 e. The van der Waals surface area contributed by atoms with Gasteiger partial charge < -0.3 is 9.64 Å². The molecule has 0 atom stereocenters. The molecular weight excluding hydrogens is 454 g/mol. The zero-order chi connectivity index (χ0) is 23.6. The van der Waals surface area contributed by atoms with Gasteiger partial charge >= 0.3 is 5.97 Å². The van der Waals surface area contributed by atoms with Crippen LogP contribution in [-0.2, 0) is 19.6 Å². The molecule has 1 fully saturated rings. The van der Waals surface area contributed by atoms with E-state index in [1.807, 2.05) is 24.3 Å². The molecule has 0 unspecified atom stereocenters. The lowest BCUT2D eigenvalue weighted by atomic mass is 10.1. The number of nitrogens with zero attached hydrogens (tertiary/aromatic N) is 2. The molecule has 0 saturated carbocycles. The number of carbonyl (C=O) groups excluding carboxylic acids is 2. The van der Waals surface area contributed by atoms with E-state index in [1.165, 1.54) is 9.21 Å². The van der Waals surface area contributed by atoms with Crippen LogP contribution in [0, 0.1) is 11.6 Å². The van der Waals surface area contributed by atoms with Crippen molar-refractivity contribution >= 4 is 32.7 Å². The number of halogens is 2. The minimum absolute atomic E-state index is 0.0848. The summed E-state index contributed by atoms with van der Waals surface area (Å²) in [5.41, 5.74) is -0.476. The number of benzene rings is 3. The highest BCUT2D eigenvalue weighted by Gasteiger charge is 2.30. The monoisotopic (exact) mass is 474 g/mol. The molecule has 1 aliphatic heterocycles. The van der Waals surface area contributed by atoms with Crippen molar-refractivity contribution in [3.05, 3.63) is 77.9 Å². The van der Waals surface area contributed by atoms with Gasteiger partial charge in [0.1, 0.15) is 11.6 Å². The highest BCUT2D eigenvalue weighted by molar-refractivity contribution is 7.89. The molecule has 33 heavy (non-hydrogen) atoms. The van der Waals surface area contributed by atoms with Gasteiger partial charge in [0.2, 0.25) is 10.0 Å². The van der Waals surface area contributed by atoms with Crippen molar-refractivity contribution < 1.29 is 31.5 Å². The summed E-state index contributed by atoms with van der Waals surface area (Å²) in [6, 6.07) is 14.8. The minimum Gasteiger partial charge on any atom is -0.452 e. The highest BCUT2D eigenvalue weighted by Crippen LogP contribution is 2.23. The van der Waals surface area contributed by atoms with E-state index in [9.17, 15) is 26.8 Å². The standard InChI is InChI=1S/C23H20F2N2O5S/c24-18-6-8-20(21(25)14-18)23(29)32-15-22(28)26-9-11-27(12-10-26)33(30,31)19-7-5-16-3-1-2-4-17(16)13-19/h1-8,13-14H,9-12,15H2. The number of hydrogen-bond donors (Lipinski definition) is 0. The predicted octanol–water partition coefficient (Wildman–Crippen LogP) is 2.81. The first-order chi connectivity index (χ1) is 15.8. The van der Waals surface area contributed by atoms with E-state index >= 15 is 0 Å². The molecule has 10 heteroatoms. The molecule has 1 aliphatic rings. The second kappa shape index (κ2) is 9.24. The third-order valence-electron chi connectivity index (χ3n) is 5.43. The van der Waals surface area contributed by atoms with Crippen molar-refractivity contribution in [3.63, 3.8) is 0 Å². The van der Waals surface area contributed by atoms with Gasteiger partial charge in [-0.1, -0.05) is 30.3 Å². The fourth-order valence-corrected chi connectivity index (χ4v) is 5.06. The summed E-state index contributed by atoms with van der Waals surface area (Å²) in [4.78, 5) is 25.9. The Bertz CT molecular complexity index is 1320. The Kier molecular flexibility index (Phi) is 6.39. The van der Waals surface area contributed by atoms with Gasteiger partial charge in [0.25, 0.3) is 5.91 Å². The number of ether oxygens (including phenoxy) is 1. The molecular formula is C23H20F2N2O5S. The van der Waals surface area contributed by atoms with E-state index in [4.69, 9.17) is 4.74 Å². The second-order valence-corrected chi connectivity index (χ2v) is 9.43. The summed E-state index contributed by atoms with van der Waals surface area (Å²) in [5, 5.41) is 1.74. The Morgan fingerprint density at radius 1 is 0.879 bits per heavy atom. The number of piperazine rings is 1. The normalized spacial score (nSPS) is 14.9. The maximum Gasteiger partial charge on any atom is 0.341 e. The molecule has 3 aromatic carbocycles. The maximum absolute atomic E-state index is 13.7. The lowest BCUT2D eigenvalue weighted by Gasteiger charge is -2.33. The van der Waals surface area contributed by atoms with Gasteiger partial charge in [-0.25, -0.2) is 22.0 Å². The van der Waals surface area contributed by atoms with Crippen LogP contribution in [0.25, 0.3) is 10.8 Å². The van der Waals surface area contributed by atoms with Crippen molar-refractivity contribution in [2.75, 3.05) is 32.8 Å². The lowest BCUT2D eigenvalue weighted by Crippen LogP contribution is -2.51. The van der Waals surface area contributed by atoms with Gasteiger partial charge in [-0.3, -0.25) is 4.79 Å². The number of carbonyl (C=O) groups is 2. The first-order valence-electron chi connectivity index (χ1n) is 10.1. The van der Waals surface area contributed by atoms with Crippen LogP contribution < -0.4 is 0 Å². The maximum atomic E-state index is 13.7. The summed E-state index contributed by atoms with van der Waals surface area (Å²) < 4.78 is 58.8. The van der Waals surface area contributed by atoms with E-state index in [1.54, 1.807) is 18.2 Å². The Morgan fingerprint density at radius 2 is 1.58 bits per heavy atom. The number of sulfonamides is 1. The van der Waals surface area contributed by atoms with Crippen LogP contribution in [0.15, 0.2) is 65.6 Å². The van der Waals surface area contributed by atoms with E-state index in [0.29, 0.717) is 6.07 Å². The number of hydrogen-bond acceptors (Lipinski definition) is 5. The van der Waals surface area contributed by atoms with E-state index in [2.05, 4.69) is 0 Å². The van der Waals surface area contributed by atoms with Gasteiger partial charge in [0.15, 0.2) is 6.61 Å². The Morgan fingerprint density at radius 3 is 2.27 bits per heavy atom. The summed E-state index contributed by atoms with van der Waals surface area (Å²) in [6.45, 7) is -0.224. The van der Waals surface area contributed by atoms with Gasteiger partial charge in [0.05, 0.1) is 10.5 Å². The SMILES string of the molecule is O=C(OCC(=O)N1CCN(S(=O)(=O)c2ccc3ccccc3c2)CC1)c1ccc(F)cc1F. The molecule has 0 N–H and O–H groups in total. The molecule has 3 aromatic rings. The number of esters is 1. The van der Waals surface area contributed by atoms with Crippen molar-refractivity contribution in [1.82, 2.24) is 9.21 Å². The number of fused-ring (bicyclic) bond motifs is 1. The molecule has 0 aromatic heterocycles. The zero-order valence-corrected chi connectivity index (χ0v) is 18.2. The fourth-order valence-electron chi connectivity index (χ4n) is 3.61. The van der Waals surface area contributed by atoms with Gasteiger partial charge in [-0.15, -0.1) is 0 Å².